The zero-order valence-electron chi connectivity index (χ0n) is 9.46. The summed E-state index contributed by atoms with van der Waals surface area (Å²) in [5.74, 6) is 3.92. The Balaban J connectivity index is 1.93. The Morgan fingerprint density at radius 2 is 1.50 bits per heavy atom. The van der Waals surface area contributed by atoms with Gasteiger partial charge in [0.2, 0.25) is 0 Å². The molecule has 0 aromatic carbocycles. The van der Waals surface area contributed by atoms with E-state index in [1.165, 1.54) is 38.5 Å². The summed E-state index contributed by atoms with van der Waals surface area (Å²) in [7, 11) is 1.95. The standard InChI is InChI=1S/C13H22O/c1-3-13(14-2)11-5-9-4-10(7-11)8-12(13)6-9/h9-12H,3-8H2,1-2H3. The van der Waals surface area contributed by atoms with Crippen molar-refractivity contribution >= 4 is 0 Å². The average molecular weight is 194 g/mol. The van der Waals surface area contributed by atoms with Gasteiger partial charge >= 0.3 is 0 Å². The van der Waals surface area contributed by atoms with E-state index in [1.54, 1.807) is 0 Å². The molecular formula is C13H22O. The van der Waals surface area contributed by atoms with E-state index in [2.05, 4.69) is 6.92 Å². The molecule has 1 nitrogen and oxygen atoms in total. The van der Waals surface area contributed by atoms with Crippen LogP contribution in [0, 0.1) is 23.7 Å². The van der Waals surface area contributed by atoms with E-state index in [0.717, 1.165) is 23.7 Å². The summed E-state index contributed by atoms with van der Waals surface area (Å²) in [5.41, 5.74) is 0.285. The van der Waals surface area contributed by atoms with Crippen molar-refractivity contribution in [2.24, 2.45) is 23.7 Å². The van der Waals surface area contributed by atoms with Crippen LogP contribution in [0.5, 0.6) is 0 Å². The largest absolute Gasteiger partial charge is 0.378 e. The third-order valence-electron chi connectivity index (χ3n) is 5.45. The van der Waals surface area contributed by atoms with Crippen molar-refractivity contribution in [3.8, 4) is 0 Å². The van der Waals surface area contributed by atoms with Crippen molar-refractivity contribution in [3.05, 3.63) is 0 Å². The first-order chi connectivity index (χ1) is 6.78. The van der Waals surface area contributed by atoms with Gasteiger partial charge in [0.15, 0.2) is 0 Å². The molecule has 4 aliphatic rings. The Labute approximate surface area is 87.2 Å². The van der Waals surface area contributed by atoms with Gasteiger partial charge in [-0.05, 0) is 62.2 Å². The maximum atomic E-state index is 5.96. The quantitative estimate of drug-likeness (QED) is 0.655. The molecule has 0 aromatic heterocycles. The lowest BCUT2D eigenvalue weighted by molar-refractivity contribution is -0.191. The van der Waals surface area contributed by atoms with E-state index in [0.29, 0.717) is 0 Å². The van der Waals surface area contributed by atoms with E-state index in [1.807, 2.05) is 7.11 Å². The first-order valence-corrected chi connectivity index (χ1v) is 6.33. The summed E-state index contributed by atoms with van der Waals surface area (Å²) in [6.45, 7) is 2.33. The molecule has 0 aromatic rings. The van der Waals surface area contributed by atoms with Gasteiger partial charge in [0.25, 0.3) is 0 Å². The fourth-order valence-electron chi connectivity index (χ4n) is 5.04. The normalized spacial score (nSPS) is 55.3. The van der Waals surface area contributed by atoms with Crippen molar-refractivity contribution in [1.82, 2.24) is 0 Å². The second-order valence-corrected chi connectivity index (χ2v) is 5.82. The highest BCUT2D eigenvalue weighted by molar-refractivity contribution is 5.07. The molecule has 0 radical (unpaired) electrons. The number of rotatable bonds is 2. The Morgan fingerprint density at radius 3 is 1.86 bits per heavy atom. The van der Waals surface area contributed by atoms with Crippen molar-refractivity contribution in [3.63, 3.8) is 0 Å². The topological polar surface area (TPSA) is 9.23 Å². The summed E-state index contributed by atoms with van der Waals surface area (Å²) < 4.78 is 5.96. The van der Waals surface area contributed by atoms with Gasteiger partial charge in [-0.15, -0.1) is 0 Å². The second kappa shape index (κ2) is 2.98. The monoisotopic (exact) mass is 194 g/mol. The van der Waals surface area contributed by atoms with Crippen LogP contribution >= 0.6 is 0 Å². The maximum Gasteiger partial charge on any atom is 0.0732 e. The van der Waals surface area contributed by atoms with Gasteiger partial charge in [-0.3, -0.25) is 0 Å². The molecule has 80 valence electrons. The van der Waals surface area contributed by atoms with Gasteiger partial charge in [0.05, 0.1) is 5.60 Å². The lowest BCUT2D eigenvalue weighted by Gasteiger charge is -2.60. The highest BCUT2D eigenvalue weighted by atomic mass is 16.5. The van der Waals surface area contributed by atoms with Crippen LogP contribution in [0.4, 0.5) is 0 Å². The Kier molecular flexibility index (Phi) is 1.96. The Morgan fingerprint density at radius 1 is 1.00 bits per heavy atom. The Hall–Kier alpha value is -0.0400. The number of methoxy groups -OCH3 is 1. The van der Waals surface area contributed by atoms with Crippen LogP contribution in [0.15, 0.2) is 0 Å². The molecular weight excluding hydrogens is 172 g/mol. The van der Waals surface area contributed by atoms with Crippen molar-refractivity contribution in [1.29, 1.82) is 0 Å². The van der Waals surface area contributed by atoms with Crippen LogP contribution < -0.4 is 0 Å². The van der Waals surface area contributed by atoms with Gasteiger partial charge in [0, 0.05) is 7.11 Å². The van der Waals surface area contributed by atoms with Crippen molar-refractivity contribution < 1.29 is 4.74 Å². The minimum absolute atomic E-state index is 0.285. The fraction of sp³-hybridized carbons (Fsp3) is 1.00. The molecule has 4 rings (SSSR count). The van der Waals surface area contributed by atoms with Gasteiger partial charge in [0.1, 0.15) is 0 Å². The van der Waals surface area contributed by atoms with Gasteiger partial charge in [-0.2, -0.15) is 0 Å². The van der Waals surface area contributed by atoms with Gasteiger partial charge in [-0.1, -0.05) is 6.92 Å². The van der Waals surface area contributed by atoms with Crippen LogP contribution in [0.1, 0.15) is 45.4 Å². The predicted octanol–water partition coefficient (Wildman–Crippen LogP) is 3.24. The smallest absolute Gasteiger partial charge is 0.0732 e. The summed E-state index contributed by atoms with van der Waals surface area (Å²) in [4.78, 5) is 0. The number of ether oxygens (including phenoxy) is 1. The lowest BCUT2D eigenvalue weighted by atomic mass is 9.49. The highest BCUT2D eigenvalue weighted by Crippen LogP contribution is 2.60. The van der Waals surface area contributed by atoms with Gasteiger partial charge in [-0.25, -0.2) is 0 Å². The molecule has 0 N–H and O–H groups in total. The van der Waals surface area contributed by atoms with Crippen LogP contribution in [-0.2, 0) is 4.74 Å². The molecule has 0 unspecified atom stereocenters. The zero-order valence-corrected chi connectivity index (χ0v) is 9.46. The minimum atomic E-state index is 0.285. The highest BCUT2D eigenvalue weighted by Gasteiger charge is 2.56. The molecule has 4 saturated carbocycles. The molecule has 0 spiro atoms. The van der Waals surface area contributed by atoms with Crippen molar-refractivity contribution in [2.75, 3.05) is 7.11 Å². The van der Waals surface area contributed by atoms with Crippen LogP contribution in [0.25, 0.3) is 0 Å². The molecule has 1 heteroatoms. The first-order valence-electron chi connectivity index (χ1n) is 6.33. The van der Waals surface area contributed by atoms with E-state index >= 15 is 0 Å². The summed E-state index contributed by atoms with van der Waals surface area (Å²) in [6, 6.07) is 0. The van der Waals surface area contributed by atoms with Crippen LogP contribution in [0.3, 0.4) is 0 Å². The molecule has 0 amide bonds. The summed E-state index contributed by atoms with van der Waals surface area (Å²) >= 11 is 0. The third kappa shape index (κ3) is 0.997. The molecule has 14 heavy (non-hydrogen) atoms. The minimum Gasteiger partial charge on any atom is -0.378 e. The fourth-order valence-corrected chi connectivity index (χ4v) is 5.04. The number of hydrogen-bond donors (Lipinski definition) is 0. The average Bonchev–Trinajstić information content (AvgIpc) is 2.18. The van der Waals surface area contributed by atoms with E-state index in [9.17, 15) is 0 Å². The molecule has 0 atom stereocenters. The summed E-state index contributed by atoms with van der Waals surface area (Å²) in [5, 5.41) is 0. The first kappa shape index (κ1) is 9.21. The molecule has 0 aliphatic heterocycles. The summed E-state index contributed by atoms with van der Waals surface area (Å²) in [6.07, 6.45) is 8.64. The SMILES string of the molecule is CCC1(OC)C2CC3CC(C2)CC1C3. The number of hydrogen-bond acceptors (Lipinski definition) is 1. The lowest BCUT2D eigenvalue weighted by Crippen LogP contribution is -2.58. The van der Waals surface area contributed by atoms with E-state index in [-0.39, 0.29) is 5.60 Å². The van der Waals surface area contributed by atoms with E-state index < -0.39 is 0 Å². The van der Waals surface area contributed by atoms with Crippen LogP contribution in [-0.4, -0.2) is 12.7 Å². The zero-order chi connectivity index (χ0) is 9.76. The maximum absolute atomic E-state index is 5.96. The van der Waals surface area contributed by atoms with Gasteiger partial charge < -0.3 is 4.74 Å². The third-order valence-corrected chi connectivity index (χ3v) is 5.45. The molecule has 4 aliphatic carbocycles. The second-order valence-electron chi connectivity index (χ2n) is 5.82. The predicted molar refractivity (Wildman–Crippen MR) is 57.1 cm³/mol. The Bertz CT molecular complexity index is 199. The van der Waals surface area contributed by atoms with Crippen LogP contribution in [0.2, 0.25) is 0 Å². The van der Waals surface area contributed by atoms with E-state index in [4.69, 9.17) is 4.74 Å². The molecule has 4 bridgehead atoms. The molecule has 0 saturated heterocycles. The van der Waals surface area contributed by atoms with Crippen molar-refractivity contribution in [2.45, 2.75) is 51.0 Å². The molecule has 0 heterocycles. The molecule has 4 fully saturated rings.